The third-order valence-corrected chi connectivity index (χ3v) is 2.89. The average molecular weight is 323 g/mol. The second-order valence-corrected chi connectivity index (χ2v) is 4.31. The third-order valence-electron chi connectivity index (χ3n) is 2.89. The summed E-state index contributed by atoms with van der Waals surface area (Å²) in [6.07, 6.45) is 1.24. The van der Waals surface area contributed by atoms with E-state index in [0.717, 1.165) is 0 Å². The van der Waals surface area contributed by atoms with E-state index in [9.17, 15) is 9.59 Å². The Kier molecular flexibility index (Phi) is 7.45. The predicted octanol–water partition coefficient (Wildman–Crippen LogP) is 1.37. The molecule has 0 heterocycles. The molecule has 0 unspecified atom stereocenters. The molecule has 7 heteroatoms. The van der Waals surface area contributed by atoms with Gasteiger partial charge < -0.3 is 24.3 Å². The van der Waals surface area contributed by atoms with Crippen molar-refractivity contribution >= 4 is 17.6 Å². The molecule has 0 saturated heterocycles. The number of ether oxygens (including phenoxy) is 4. The summed E-state index contributed by atoms with van der Waals surface area (Å²) >= 11 is 0. The van der Waals surface area contributed by atoms with Crippen LogP contribution in [-0.2, 0) is 19.1 Å². The fraction of sp³-hybridized carbons (Fsp3) is 0.375. The predicted molar refractivity (Wildman–Crippen MR) is 84.2 cm³/mol. The van der Waals surface area contributed by atoms with Crippen molar-refractivity contribution in [2.45, 2.75) is 6.92 Å². The Morgan fingerprint density at radius 1 is 1.17 bits per heavy atom. The van der Waals surface area contributed by atoms with Crippen LogP contribution in [-0.4, -0.2) is 46.4 Å². The number of benzene rings is 1. The number of nitrogens with one attached hydrogen (secondary N) is 1. The van der Waals surface area contributed by atoms with Gasteiger partial charge in [0, 0.05) is 17.7 Å². The quantitative estimate of drug-likeness (QED) is 0.571. The second-order valence-electron chi connectivity index (χ2n) is 4.31. The second kappa shape index (κ2) is 9.34. The molecule has 0 atom stereocenters. The molecule has 0 aliphatic heterocycles. The van der Waals surface area contributed by atoms with E-state index in [0.29, 0.717) is 22.8 Å². The van der Waals surface area contributed by atoms with Crippen molar-refractivity contribution < 1.29 is 28.5 Å². The lowest BCUT2D eigenvalue weighted by atomic mass is 10.1. The van der Waals surface area contributed by atoms with E-state index in [-0.39, 0.29) is 13.2 Å². The van der Waals surface area contributed by atoms with Crippen LogP contribution in [0.15, 0.2) is 24.3 Å². The van der Waals surface area contributed by atoms with Crippen LogP contribution >= 0.6 is 0 Å². The number of esters is 2. The van der Waals surface area contributed by atoms with E-state index in [2.05, 4.69) is 10.1 Å². The standard InChI is InChI=1S/C16H21NO6/c1-5-23-16(19)10-17-13(9-15(18)22-4)12-7-6-11(20-2)8-14(12)21-3/h6-9,17H,5,10H2,1-4H3. The zero-order valence-electron chi connectivity index (χ0n) is 13.7. The summed E-state index contributed by atoms with van der Waals surface area (Å²) in [6.45, 7) is 1.91. The number of carbonyl (C=O) groups is 2. The van der Waals surface area contributed by atoms with Crippen LogP contribution in [0.4, 0.5) is 0 Å². The van der Waals surface area contributed by atoms with Crippen LogP contribution < -0.4 is 14.8 Å². The van der Waals surface area contributed by atoms with Gasteiger partial charge in [0.2, 0.25) is 0 Å². The number of hydrogen-bond donors (Lipinski definition) is 1. The van der Waals surface area contributed by atoms with Gasteiger partial charge in [-0.25, -0.2) is 4.79 Å². The lowest BCUT2D eigenvalue weighted by Gasteiger charge is -2.15. The van der Waals surface area contributed by atoms with Crippen molar-refractivity contribution in [1.29, 1.82) is 0 Å². The Balaban J connectivity index is 3.11. The summed E-state index contributed by atoms with van der Waals surface area (Å²) in [4.78, 5) is 23.1. The Morgan fingerprint density at radius 2 is 1.91 bits per heavy atom. The van der Waals surface area contributed by atoms with Crippen molar-refractivity contribution in [2.24, 2.45) is 0 Å². The molecule has 0 bridgehead atoms. The normalized spacial score (nSPS) is 10.7. The van der Waals surface area contributed by atoms with Gasteiger partial charge in [-0.3, -0.25) is 4.79 Å². The van der Waals surface area contributed by atoms with Crippen molar-refractivity contribution in [2.75, 3.05) is 34.5 Å². The summed E-state index contributed by atoms with van der Waals surface area (Å²) in [5, 5.41) is 2.86. The highest BCUT2D eigenvalue weighted by Crippen LogP contribution is 2.29. The molecule has 0 aliphatic rings. The monoisotopic (exact) mass is 323 g/mol. The maximum absolute atomic E-state index is 11.6. The molecule has 0 amide bonds. The molecule has 0 fully saturated rings. The lowest BCUT2D eigenvalue weighted by molar-refractivity contribution is -0.141. The van der Waals surface area contributed by atoms with E-state index in [1.165, 1.54) is 20.3 Å². The zero-order chi connectivity index (χ0) is 17.2. The van der Waals surface area contributed by atoms with E-state index in [1.54, 1.807) is 32.2 Å². The summed E-state index contributed by atoms with van der Waals surface area (Å²) in [6, 6.07) is 5.10. The first-order valence-corrected chi connectivity index (χ1v) is 6.97. The fourth-order valence-corrected chi connectivity index (χ4v) is 1.80. The lowest BCUT2D eigenvalue weighted by Crippen LogP contribution is -2.24. The van der Waals surface area contributed by atoms with Gasteiger partial charge >= 0.3 is 11.9 Å². The molecule has 1 aromatic rings. The molecule has 126 valence electrons. The average Bonchev–Trinajstić information content (AvgIpc) is 2.57. The summed E-state index contributed by atoms with van der Waals surface area (Å²) in [7, 11) is 4.31. The molecule has 0 spiro atoms. The smallest absolute Gasteiger partial charge is 0.332 e. The summed E-state index contributed by atoms with van der Waals surface area (Å²) in [5.74, 6) is 0.0919. The molecule has 0 radical (unpaired) electrons. The molecule has 1 rings (SSSR count). The van der Waals surface area contributed by atoms with Gasteiger partial charge in [-0.05, 0) is 19.1 Å². The molecule has 23 heavy (non-hydrogen) atoms. The highest BCUT2D eigenvalue weighted by molar-refractivity contribution is 5.92. The van der Waals surface area contributed by atoms with Gasteiger partial charge in [0.05, 0.1) is 33.6 Å². The maximum Gasteiger partial charge on any atom is 0.332 e. The maximum atomic E-state index is 11.6. The highest BCUT2D eigenvalue weighted by Gasteiger charge is 2.13. The Hall–Kier alpha value is -2.70. The Morgan fingerprint density at radius 3 is 2.48 bits per heavy atom. The van der Waals surface area contributed by atoms with Gasteiger partial charge in [-0.15, -0.1) is 0 Å². The van der Waals surface area contributed by atoms with E-state index in [1.807, 2.05) is 0 Å². The molecular weight excluding hydrogens is 302 g/mol. The van der Waals surface area contributed by atoms with Crippen LogP contribution in [0.1, 0.15) is 12.5 Å². The van der Waals surface area contributed by atoms with Crippen LogP contribution in [0.3, 0.4) is 0 Å². The summed E-state index contributed by atoms with van der Waals surface area (Å²) < 4.78 is 19.9. The zero-order valence-corrected chi connectivity index (χ0v) is 13.7. The first-order valence-electron chi connectivity index (χ1n) is 6.97. The van der Waals surface area contributed by atoms with Crippen LogP contribution in [0.25, 0.3) is 5.70 Å². The fourth-order valence-electron chi connectivity index (χ4n) is 1.80. The minimum absolute atomic E-state index is 0.0914. The van der Waals surface area contributed by atoms with Gasteiger partial charge in [-0.1, -0.05) is 0 Å². The Labute approximate surface area is 135 Å². The van der Waals surface area contributed by atoms with Crippen molar-refractivity contribution in [3.63, 3.8) is 0 Å². The minimum Gasteiger partial charge on any atom is -0.497 e. The molecular formula is C16H21NO6. The van der Waals surface area contributed by atoms with E-state index in [4.69, 9.17) is 14.2 Å². The van der Waals surface area contributed by atoms with Crippen LogP contribution in [0, 0.1) is 0 Å². The molecule has 1 N–H and O–H groups in total. The van der Waals surface area contributed by atoms with E-state index < -0.39 is 11.9 Å². The SMILES string of the molecule is CCOC(=O)CNC(=CC(=O)OC)c1ccc(OC)cc1OC. The molecule has 7 nitrogen and oxygen atoms in total. The molecule has 1 aromatic carbocycles. The van der Waals surface area contributed by atoms with Gasteiger partial charge in [-0.2, -0.15) is 0 Å². The first kappa shape index (κ1) is 18.3. The molecule has 0 aliphatic carbocycles. The minimum atomic E-state index is -0.561. The van der Waals surface area contributed by atoms with Crippen molar-refractivity contribution in [3.05, 3.63) is 29.8 Å². The topological polar surface area (TPSA) is 83.1 Å². The number of rotatable bonds is 8. The van der Waals surface area contributed by atoms with Crippen LogP contribution in [0.2, 0.25) is 0 Å². The highest BCUT2D eigenvalue weighted by atomic mass is 16.5. The van der Waals surface area contributed by atoms with Crippen LogP contribution in [0.5, 0.6) is 11.5 Å². The first-order chi connectivity index (χ1) is 11.0. The number of carbonyl (C=O) groups excluding carboxylic acids is 2. The molecule has 0 saturated carbocycles. The van der Waals surface area contributed by atoms with E-state index >= 15 is 0 Å². The summed E-state index contributed by atoms with van der Waals surface area (Å²) in [5.41, 5.74) is 0.965. The largest absolute Gasteiger partial charge is 0.497 e. The number of methoxy groups -OCH3 is 3. The van der Waals surface area contributed by atoms with Gasteiger partial charge in [0.25, 0.3) is 0 Å². The Bertz CT molecular complexity index is 582. The number of hydrogen-bond acceptors (Lipinski definition) is 7. The third kappa shape index (κ3) is 5.54. The van der Waals surface area contributed by atoms with Crippen molar-refractivity contribution in [1.82, 2.24) is 5.32 Å². The molecule has 0 aromatic heterocycles. The van der Waals surface area contributed by atoms with Gasteiger partial charge in [0.1, 0.15) is 18.0 Å². The van der Waals surface area contributed by atoms with Crippen molar-refractivity contribution in [3.8, 4) is 11.5 Å². The van der Waals surface area contributed by atoms with Gasteiger partial charge in [0.15, 0.2) is 0 Å².